The van der Waals surface area contributed by atoms with Crippen LogP contribution in [0.5, 0.6) is 0 Å². The maximum Gasteiger partial charge on any atom is 0.0655 e. The van der Waals surface area contributed by atoms with Gasteiger partial charge in [-0.2, -0.15) is 5.26 Å². The van der Waals surface area contributed by atoms with Crippen LogP contribution < -0.4 is 0 Å². The number of likely N-dealkylation sites (tertiary alicyclic amines) is 1. The highest BCUT2D eigenvalue weighted by Gasteiger charge is 2.28. The molecule has 0 radical (unpaired) electrons. The molecule has 2 fully saturated rings. The summed E-state index contributed by atoms with van der Waals surface area (Å²) in [5.41, 5.74) is 0. The third kappa shape index (κ3) is 2.75. The minimum absolute atomic E-state index is 0.327. The summed E-state index contributed by atoms with van der Waals surface area (Å²) in [5, 5.41) is 8.87. The standard InChI is InChI=1S/C13H22N2O/c1-16-13-6-8-15(9-7-13)12-4-2-11(10-14)3-5-12/h11-13H,2-9H2,1H3/t11-,12-. The van der Waals surface area contributed by atoms with Crippen LogP contribution in [0.1, 0.15) is 38.5 Å². The number of hydrogen-bond acceptors (Lipinski definition) is 3. The smallest absolute Gasteiger partial charge is 0.0655 e. The van der Waals surface area contributed by atoms with Gasteiger partial charge in [-0.05, 0) is 38.5 Å². The first-order valence-electron chi connectivity index (χ1n) is 6.50. The van der Waals surface area contributed by atoms with Gasteiger partial charge in [-0.1, -0.05) is 0 Å². The molecule has 0 aromatic heterocycles. The molecule has 16 heavy (non-hydrogen) atoms. The largest absolute Gasteiger partial charge is 0.381 e. The van der Waals surface area contributed by atoms with Crippen LogP contribution in [-0.4, -0.2) is 37.2 Å². The van der Waals surface area contributed by atoms with E-state index in [1.807, 2.05) is 7.11 Å². The third-order valence-electron chi connectivity index (χ3n) is 4.21. The second kappa shape index (κ2) is 5.65. The predicted octanol–water partition coefficient (Wildman–Crippen LogP) is 2.18. The van der Waals surface area contributed by atoms with E-state index in [9.17, 15) is 0 Å². The molecule has 90 valence electrons. The quantitative estimate of drug-likeness (QED) is 0.718. The lowest BCUT2D eigenvalue weighted by Crippen LogP contribution is -2.44. The minimum Gasteiger partial charge on any atom is -0.381 e. The van der Waals surface area contributed by atoms with E-state index in [0.717, 1.165) is 18.9 Å². The van der Waals surface area contributed by atoms with Crippen molar-refractivity contribution in [2.45, 2.75) is 50.7 Å². The molecule has 0 N–H and O–H groups in total. The Kier molecular flexibility index (Phi) is 4.20. The molecule has 0 bridgehead atoms. The summed E-state index contributed by atoms with van der Waals surface area (Å²) < 4.78 is 5.39. The normalized spacial score (nSPS) is 33.5. The van der Waals surface area contributed by atoms with Crippen LogP contribution in [0.4, 0.5) is 0 Å². The van der Waals surface area contributed by atoms with Crippen molar-refractivity contribution < 1.29 is 4.74 Å². The monoisotopic (exact) mass is 222 g/mol. The second-order valence-corrected chi connectivity index (χ2v) is 5.11. The Morgan fingerprint density at radius 3 is 2.19 bits per heavy atom. The average molecular weight is 222 g/mol. The summed E-state index contributed by atoms with van der Waals surface area (Å²) in [7, 11) is 1.82. The molecular weight excluding hydrogens is 200 g/mol. The van der Waals surface area contributed by atoms with Crippen molar-refractivity contribution >= 4 is 0 Å². The summed E-state index contributed by atoms with van der Waals surface area (Å²) >= 11 is 0. The topological polar surface area (TPSA) is 36.3 Å². The number of hydrogen-bond donors (Lipinski definition) is 0. The average Bonchev–Trinajstić information content (AvgIpc) is 2.39. The highest BCUT2D eigenvalue weighted by Crippen LogP contribution is 2.29. The molecule has 1 aliphatic heterocycles. The molecule has 3 nitrogen and oxygen atoms in total. The molecule has 2 rings (SSSR count). The molecule has 2 aliphatic rings. The highest BCUT2D eigenvalue weighted by molar-refractivity contribution is 4.90. The first kappa shape index (κ1) is 11.9. The molecule has 0 aromatic rings. The van der Waals surface area contributed by atoms with Crippen LogP contribution in [-0.2, 0) is 4.74 Å². The second-order valence-electron chi connectivity index (χ2n) is 5.11. The van der Waals surface area contributed by atoms with Gasteiger partial charge in [0.15, 0.2) is 0 Å². The number of piperidine rings is 1. The molecular formula is C13H22N2O. The SMILES string of the molecule is COC1CCN([C@H]2CC[C@H](C#N)CC2)CC1. The van der Waals surface area contributed by atoms with Gasteiger partial charge in [0.25, 0.3) is 0 Å². The molecule has 1 saturated heterocycles. The Morgan fingerprint density at radius 1 is 1.06 bits per heavy atom. The first-order chi connectivity index (χ1) is 7.83. The van der Waals surface area contributed by atoms with E-state index in [1.54, 1.807) is 0 Å². The fourth-order valence-electron chi connectivity index (χ4n) is 3.05. The van der Waals surface area contributed by atoms with Crippen molar-refractivity contribution in [3.05, 3.63) is 0 Å². The summed E-state index contributed by atoms with van der Waals surface area (Å²) in [6, 6.07) is 3.14. The van der Waals surface area contributed by atoms with E-state index in [2.05, 4.69) is 11.0 Å². The van der Waals surface area contributed by atoms with Gasteiger partial charge in [-0.3, -0.25) is 0 Å². The summed E-state index contributed by atoms with van der Waals surface area (Å²) in [6.45, 7) is 2.36. The zero-order valence-electron chi connectivity index (χ0n) is 10.2. The van der Waals surface area contributed by atoms with E-state index in [0.29, 0.717) is 12.0 Å². The van der Waals surface area contributed by atoms with Crippen molar-refractivity contribution in [1.82, 2.24) is 4.90 Å². The predicted molar refractivity (Wildman–Crippen MR) is 63.0 cm³/mol. The number of methoxy groups -OCH3 is 1. The summed E-state index contributed by atoms with van der Waals surface area (Å²) in [5.74, 6) is 0.327. The van der Waals surface area contributed by atoms with Gasteiger partial charge in [-0.15, -0.1) is 0 Å². The number of rotatable bonds is 2. The zero-order chi connectivity index (χ0) is 11.4. The lowest BCUT2D eigenvalue weighted by atomic mass is 9.85. The zero-order valence-corrected chi connectivity index (χ0v) is 10.2. The van der Waals surface area contributed by atoms with Crippen molar-refractivity contribution in [1.29, 1.82) is 5.26 Å². The molecule has 0 aromatic carbocycles. The van der Waals surface area contributed by atoms with Gasteiger partial charge in [0.1, 0.15) is 0 Å². The molecule has 1 heterocycles. The van der Waals surface area contributed by atoms with Gasteiger partial charge < -0.3 is 9.64 Å². The molecule has 0 amide bonds. The van der Waals surface area contributed by atoms with Crippen LogP contribution in [0.25, 0.3) is 0 Å². The molecule has 0 atom stereocenters. The number of ether oxygens (including phenoxy) is 1. The Bertz CT molecular complexity index is 245. The van der Waals surface area contributed by atoms with E-state index in [1.165, 1.54) is 38.8 Å². The molecule has 3 heteroatoms. The van der Waals surface area contributed by atoms with Crippen LogP contribution >= 0.6 is 0 Å². The summed E-state index contributed by atoms with van der Waals surface area (Å²) in [6.07, 6.45) is 7.47. The van der Waals surface area contributed by atoms with Crippen molar-refractivity contribution in [2.24, 2.45) is 5.92 Å². The van der Waals surface area contributed by atoms with Gasteiger partial charge in [0.05, 0.1) is 12.2 Å². The Balaban J connectivity index is 1.76. The maximum absolute atomic E-state index is 8.87. The minimum atomic E-state index is 0.327. The van der Waals surface area contributed by atoms with E-state index >= 15 is 0 Å². The van der Waals surface area contributed by atoms with E-state index in [-0.39, 0.29) is 0 Å². The number of nitriles is 1. The van der Waals surface area contributed by atoms with Crippen molar-refractivity contribution in [3.63, 3.8) is 0 Å². The Morgan fingerprint density at radius 2 is 1.69 bits per heavy atom. The fraction of sp³-hybridized carbons (Fsp3) is 0.923. The van der Waals surface area contributed by atoms with Crippen LogP contribution in [0.2, 0.25) is 0 Å². The van der Waals surface area contributed by atoms with Gasteiger partial charge in [0, 0.05) is 32.2 Å². The lowest BCUT2D eigenvalue weighted by molar-refractivity contribution is 0.0194. The fourth-order valence-corrected chi connectivity index (χ4v) is 3.05. The van der Waals surface area contributed by atoms with Gasteiger partial charge >= 0.3 is 0 Å². The molecule has 1 aliphatic carbocycles. The van der Waals surface area contributed by atoms with Crippen LogP contribution in [0.15, 0.2) is 0 Å². The lowest BCUT2D eigenvalue weighted by Gasteiger charge is -2.39. The molecule has 0 unspecified atom stereocenters. The maximum atomic E-state index is 8.87. The molecule has 0 spiro atoms. The van der Waals surface area contributed by atoms with Crippen LogP contribution in [0.3, 0.4) is 0 Å². The van der Waals surface area contributed by atoms with E-state index < -0.39 is 0 Å². The first-order valence-corrected chi connectivity index (χ1v) is 6.50. The highest BCUT2D eigenvalue weighted by atomic mass is 16.5. The Labute approximate surface area is 98.4 Å². The third-order valence-corrected chi connectivity index (χ3v) is 4.21. The van der Waals surface area contributed by atoms with Crippen molar-refractivity contribution in [2.75, 3.05) is 20.2 Å². The van der Waals surface area contributed by atoms with Crippen molar-refractivity contribution in [3.8, 4) is 6.07 Å². The molecule has 1 saturated carbocycles. The van der Waals surface area contributed by atoms with E-state index in [4.69, 9.17) is 10.00 Å². The summed E-state index contributed by atoms with van der Waals surface area (Å²) in [4.78, 5) is 2.61. The van der Waals surface area contributed by atoms with Gasteiger partial charge in [-0.25, -0.2) is 0 Å². The number of nitrogens with zero attached hydrogens (tertiary/aromatic N) is 2. The Hall–Kier alpha value is -0.590. The van der Waals surface area contributed by atoms with Crippen LogP contribution in [0, 0.1) is 17.2 Å². The van der Waals surface area contributed by atoms with Gasteiger partial charge in [0.2, 0.25) is 0 Å².